The monoisotopic (exact) mass is 353 g/mol. The summed E-state index contributed by atoms with van der Waals surface area (Å²) in [6.07, 6.45) is 0. The van der Waals surface area contributed by atoms with Gasteiger partial charge in [-0.05, 0) is 62.2 Å². The number of rotatable bonds is 5. The smallest absolute Gasteiger partial charge is 0.255 e. The average Bonchev–Trinajstić information content (AvgIpc) is 3.01. The van der Waals surface area contributed by atoms with Gasteiger partial charge in [-0.3, -0.25) is 4.79 Å². The number of aromatic nitrogens is 2. The van der Waals surface area contributed by atoms with Gasteiger partial charge >= 0.3 is 0 Å². The van der Waals surface area contributed by atoms with Crippen LogP contribution in [0.4, 0.5) is 5.69 Å². The Hall–Kier alpha value is -2.73. The number of hydrogen-bond acceptors (Lipinski definition) is 5. The zero-order chi connectivity index (χ0) is 17.8. The zero-order valence-corrected chi connectivity index (χ0v) is 15.2. The first-order chi connectivity index (χ1) is 12.0. The molecule has 0 aliphatic carbocycles. The number of ether oxygens (including phenoxy) is 1. The van der Waals surface area contributed by atoms with Gasteiger partial charge in [-0.2, -0.15) is 8.75 Å². The highest BCUT2D eigenvalue weighted by molar-refractivity contribution is 6.99. The second kappa shape index (κ2) is 7.44. The Balaban J connectivity index is 1.68. The van der Waals surface area contributed by atoms with Crippen LogP contribution in [0, 0.1) is 20.8 Å². The molecule has 5 nitrogen and oxygen atoms in total. The first-order valence-electron chi connectivity index (χ1n) is 7.92. The van der Waals surface area contributed by atoms with Crippen molar-refractivity contribution in [2.45, 2.75) is 27.4 Å². The summed E-state index contributed by atoms with van der Waals surface area (Å²) in [7, 11) is 0. The summed E-state index contributed by atoms with van der Waals surface area (Å²) < 4.78 is 14.0. The van der Waals surface area contributed by atoms with Gasteiger partial charge in [0.2, 0.25) is 0 Å². The molecule has 0 saturated carbocycles. The van der Waals surface area contributed by atoms with Gasteiger partial charge in [0.25, 0.3) is 5.91 Å². The Kier molecular flexibility index (Phi) is 5.09. The van der Waals surface area contributed by atoms with E-state index in [0.29, 0.717) is 17.9 Å². The van der Waals surface area contributed by atoms with Crippen LogP contribution in [-0.2, 0) is 6.61 Å². The van der Waals surface area contributed by atoms with Gasteiger partial charge < -0.3 is 10.1 Å². The quantitative estimate of drug-likeness (QED) is 0.743. The second-order valence-electron chi connectivity index (χ2n) is 5.87. The van der Waals surface area contributed by atoms with Crippen LogP contribution in [0.5, 0.6) is 5.75 Å². The molecule has 0 aliphatic rings. The van der Waals surface area contributed by atoms with Crippen molar-refractivity contribution in [2.24, 2.45) is 0 Å². The molecule has 0 fully saturated rings. The lowest BCUT2D eigenvalue weighted by Crippen LogP contribution is -2.12. The average molecular weight is 353 g/mol. The summed E-state index contributed by atoms with van der Waals surface area (Å²) in [6.45, 7) is 6.30. The van der Waals surface area contributed by atoms with Crippen LogP contribution in [0.25, 0.3) is 0 Å². The maximum atomic E-state index is 12.5. The Labute approximate surface area is 151 Å². The highest BCUT2D eigenvalue weighted by atomic mass is 32.1. The molecule has 25 heavy (non-hydrogen) atoms. The minimum absolute atomic E-state index is 0.166. The number of nitrogens with one attached hydrogen (secondary N) is 1. The van der Waals surface area contributed by atoms with Crippen molar-refractivity contribution in [3.05, 3.63) is 70.5 Å². The summed E-state index contributed by atoms with van der Waals surface area (Å²) in [5, 5.41) is 2.92. The third-order valence-corrected chi connectivity index (χ3v) is 4.64. The van der Waals surface area contributed by atoms with Gasteiger partial charge in [-0.15, -0.1) is 0 Å². The molecule has 1 amide bonds. The molecule has 6 heteroatoms. The molecular formula is C19H19N3O2S. The van der Waals surface area contributed by atoms with Crippen LogP contribution in [0.3, 0.4) is 0 Å². The lowest BCUT2D eigenvalue weighted by atomic mass is 10.1. The number of benzene rings is 2. The van der Waals surface area contributed by atoms with Crippen molar-refractivity contribution in [2.75, 3.05) is 5.32 Å². The molecule has 0 spiro atoms. The fraction of sp³-hybridized carbons (Fsp3) is 0.211. The minimum atomic E-state index is -0.166. The van der Waals surface area contributed by atoms with Crippen molar-refractivity contribution in [3.8, 4) is 5.75 Å². The van der Waals surface area contributed by atoms with Crippen LogP contribution in [0.2, 0.25) is 0 Å². The van der Waals surface area contributed by atoms with E-state index in [2.05, 4.69) is 14.1 Å². The van der Waals surface area contributed by atoms with E-state index < -0.39 is 0 Å². The maximum absolute atomic E-state index is 12.5. The van der Waals surface area contributed by atoms with E-state index in [4.69, 9.17) is 4.74 Å². The molecule has 1 aromatic heterocycles. The highest BCUT2D eigenvalue weighted by Crippen LogP contribution is 2.19. The zero-order valence-electron chi connectivity index (χ0n) is 14.4. The Bertz CT molecular complexity index is 905. The molecule has 0 bridgehead atoms. The summed E-state index contributed by atoms with van der Waals surface area (Å²) >= 11 is 1.17. The molecule has 128 valence electrons. The van der Waals surface area contributed by atoms with Crippen LogP contribution in [0.15, 0.2) is 42.5 Å². The van der Waals surface area contributed by atoms with Gasteiger partial charge in [-0.25, -0.2) is 0 Å². The lowest BCUT2D eigenvalue weighted by Gasteiger charge is -2.09. The molecule has 0 radical (unpaired) electrons. The highest BCUT2D eigenvalue weighted by Gasteiger charge is 2.09. The minimum Gasteiger partial charge on any atom is -0.487 e. The fourth-order valence-corrected chi connectivity index (χ4v) is 2.83. The number of carbonyl (C=O) groups is 1. The van der Waals surface area contributed by atoms with E-state index >= 15 is 0 Å². The van der Waals surface area contributed by atoms with Gasteiger partial charge in [-0.1, -0.05) is 12.1 Å². The molecule has 1 heterocycles. The summed E-state index contributed by atoms with van der Waals surface area (Å²) in [5.74, 6) is 0.459. The van der Waals surface area contributed by atoms with Crippen molar-refractivity contribution >= 4 is 23.3 Å². The van der Waals surface area contributed by atoms with E-state index in [9.17, 15) is 4.79 Å². The Morgan fingerprint density at radius 3 is 2.64 bits per heavy atom. The van der Waals surface area contributed by atoms with Crippen molar-refractivity contribution < 1.29 is 9.53 Å². The summed E-state index contributed by atoms with van der Waals surface area (Å²) in [6, 6.07) is 13.0. The van der Waals surface area contributed by atoms with E-state index in [0.717, 1.165) is 22.6 Å². The molecule has 0 saturated heterocycles. The molecule has 3 aromatic rings. The van der Waals surface area contributed by atoms with Crippen molar-refractivity contribution in [3.63, 3.8) is 0 Å². The molecule has 1 N–H and O–H groups in total. The number of nitrogens with zero attached hydrogens (tertiary/aromatic N) is 2. The lowest BCUT2D eigenvalue weighted by molar-refractivity contribution is 0.102. The SMILES string of the molecule is Cc1ccc(NC(=O)c2cccc(OCc3nsnc3C)c2)cc1C. The molecule has 0 atom stereocenters. The van der Waals surface area contributed by atoms with Gasteiger partial charge in [0.15, 0.2) is 0 Å². The van der Waals surface area contributed by atoms with E-state index in [1.165, 1.54) is 17.3 Å². The number of carbonyl (C=O) groups excluding carboxylic acids is 1. The standard InChI is InChI=1S/C19H19N3O2S/c1-12-7-8-16(9-13(12)2)20-19(23)15-5-4-6-17(10-15)24-11-18-14(3)21-25-22-18/h4-10H,11H2,1-3H3,(H,20,23). The topological polar surface area (TPSA) is 64.1 Å². The van der Waals surface area contributed by atoms with Crippen LogP contribution >= 0.6 is 11.7 Å². The van der Waals surface area contributed by atoms with Gasteiger partial charge in [0, 0.05) is 11.3 Å². The van der Waals surface area contributed by atoms with Crippen molar-refractivity contribution in [1.29, 1.82) is 0 Å². The number of hydrogen-bond donors (Lipinski definition) is 1. The summed E-state index contributed by atoms with van der Waals surface area (Å²) in [5.41, 5.74) is 5.35. The Morgan fingerprint density at radius 1 is 1.08 bits per heavy atom. The molecule has 3 rings (SSSR count). The third-order valence-electron chi connectivity index (χ3n) is 3.98. The predicted octanol–water partition coefficient (Wildman–Crippen LogP) is 4.29. The predicted molar refractivity (Wildman–Crippen MR) is 99.3 cm³/mol. The van der Waals surface area contributed by atoms with E-state index in [-0.39, 0.29) is 5.91 Å². The normalized spacial score (nSPS) is 10.5. The molecule has 0 unspecified atom stereocenters. The fourth-order valence-electron chi connectivity index (χ4n) is 2.28. The third kappa shape index (κ3) is 4.22. The first kappa shape index (κ1) is 17.1. The van der Waals surface area contributed by atoms with Crippen LogP contribution in [-0.4, -0.2) is 14.7 Å². The molecule has 2 aromatic carbocycles. The van der Waals surface area contributed by atoms with Gasteiger partial charge in [0.1, 0.15) is 18.1 Å². The van der Waals surface area contributed by atoms with Crippen LogP contribution in [0.1, 0.15) is 32.9 Å². The first-order valence-corrected chi connectivity index (χ1v) is 8.65. The molecule has 0 aliphatic heterocycles. The van der Waals surface area contributed by atoms with E-state index in [1.807, 2.05) is 45.0 Å². The largest absolute Gasteiger partial charge is 0.487 e. The maximum Gasteiger partial charge on any atom is 0.255 e. The number of amides is 1. The van der Waals surface area contributed by atoms with Crippen molar-refractivity contribution in [1.82, 2.24) is 8.75 Å². The Morgan fingerprint density at radius 2 is 1.92 bits per heavy atom. The van der Waals surface area contributed by atoms with E-state index in [1.54, 1.807) is 18.2 Å². The van der Waals surface area contributed by atoms with Gasteiger partial charge in [0.05, 0.1) is 17.4 Å². The number of anilines is 1. The molecular weight excluding hydrogens is 334 g/mol. The second-order valence-corrected chi connectivity index (χ2v) is 6.39. The summed E-state index contributed by atoms with van der Waals surface area (Å²) in [4.78, 5) is 12.5. The number of aryl methyl sites for hydroxylation is 3. The van der Waals surface area contributed by atoms with Crippen LogP contribution < -0.4 is 10.1 Å².